The van der Waals surface area contributed by atoms with Crippen LogP contribution in [0.2, 0.25) is 0 Å². The van der Waals surface area contributed by atoms with Crippen molar-refractivity contribution in [3.05, 3.63) is 0 Å². The Labute approximate surface area is 66.1 Å². The lowest BCUT2D eigenvalue weighted by molar-refractivity contribution is 0.324. The van der Waals surface area contributed by atoms with Gasteiger partial charge < -0.3 is 0 Å². The van der Waals surface area contributed by atoms with Crippen LogP contribution in [-0.2, 0) is 4.79 Å². The summed E-state index contributed by atoms with van der Waals surface area (Å²) < 4.78 is 0. The van der Waals surface area contributed by atoms with E-state index in [0.717, 1.165) is 25.6 Å². The molecular formula is C8H12N2O. The molecular weight excluding hydrogens is 140 g/mol. The maximum Gasteiger partial charge on any atom is 0.235 e. The summed E-state index contributed by atoms with van der Waals surface area (Å²) >= 11 is 0. The van der Waals surface area contributed by atoms with Crippen molar-refractivity contribution in [2.75, 3.05) is 13.1 Å². The van der Waals surface area contributed by atoms with E-state index in [1.54, 1.807) is 6.08 Å². The summed E-state index contributed by atoms with van der Waals surface area (Å²) in [5, 5.41) is 0. The molecule has 0 amide bonds. The van der Waals surface area contributed by atoms with Crippen molar-refractivity contribution in [3.63, 3.8) is 0 Å². The Morgan fingerprint density at radius 1 is 1.36 bits per heavy atom. The van der Waals surface area contributed by atoms with Crippen LogP contribution in [0.5, 0.6) is 0 Å². The van der Waals surface area contributed by atoms with Crippen molar-refractivity contribution in [2.45, 2.75) is 31.3 Å². The van der Waals surface area contributed by atoms with Gasteiger partial charge in [-0.2, -0.15) is 0 Å². The highest BCUT2D eigenvalue weighted by Crippen LogP contribution is 2.30. The number of aliphatic imine (C=N–C) groups is 1. The maximum atomic E-state index is 9.94. The van der Waals surface area contributed by atoms with E-state index in [9.17, 15) is 4.79 Å². The van der Waals surface area contributed by atoms with E-state index in [-0.39, 0.29) is 6.04 Å². The lowest BCUT2D eigenvalue weighted by Crippen LogP contribution is -2.23. The zero-order chi connectivity index (χ0) is 7.68. The monoisotopic (exact) mass is 152 g/mol. The van der Waals surface area contributed by atoms with Gasteiger partial charge in [-0.3, -0.25) is 4.90 Å². The van der Waals surface area contributed by atoms with E-state index >= 15 is 0 Å². The molecule has 0 bridgehead atoms. The summed E-state index contributed by atoms with van der Waals surface area (Å²) in [5.41, 5.74) is 0. The third-order valence-corrected chi connectivity index (χ3v) is 2.49. The highest BCUT2D eigenvalue weighted by atomic mass is 16.1. The first-order chi connectivity index (χ1) is 5.40. The van der Waals surface area contributed by atoms with Crippen LogP contribution in [0.4, 0.5) is 0 Å². The smallest absolute Gasteiger partial charge is 0.235 e. The van der Waals surface area contributed by atoms with Crippen molar-refractivity contribution in [1.82, 2.24) is 4.90 Å². The molecule has 1 aliphatic carbocycles. The van der Waals surface area contributed by atoms with Gasteiger partial charge in [0.2, 0.25) is 6.08 Å². The number of hydrogen-bond donors (Lipinski definition) is 0. The van der Waals surface area contributed by atoms with Crippen LogP contribution in [0.1, 0.15) is 19.3 Å². The normalized spacial score (nSPS) is 31.8. The molecule has 0 aromatic heterocycles. The molecule has 1 aliphatic heterocycles. The van der Waals surface area contributed by atoms with Gasteiger partial charge in [-0.1, -0.05) is 0 Å². The molecule has 1 saturated heterocycles. The van der Waals surface area contributed by atoms with Gasteiger partial charge >= 0.3 is 0 Å². The Hall–Kier alpha value is -0.660. The first-order valence-electron chi connectivity index (χ1n) is 4.21. The molecule has 2 rings (SSSR count). The summed E-state index contributed by atoms with van der Waals surface area (Å²) in [5.74, 6) is 0. The Kier molecular flexibility index (Phi) is 1.76. The van der Waals surface area contributed by atoms with E-state index < -0.39 is 0 Å². The molecule has 11 heavy (non-hydrogen) atoms. The largest absolute Gasteiger partial charge is 0.298 e. The average Bonchev–Trinajstić information content (AvgIpc) is 2.75. The van der Waals surface area contributed by atoms with Crippen LogP contribution >= 0.6 is 0 Å². The van der Waals surface area contributed by atoms with Crippen molar-refractivity contribution < 1.29 is 4.79 Å². The van der Waals surface area contributed by atoms with Crippen molar-refractivity contribution >= 4 is 6.08 Å². The first kappa shape index (κ1) is 7.01. The third-order valence-electron chi connectivity index (χ3n) is 2.49. The van der Waals surface area contributed by atoms with Crippen molar-refractivity contribution in [2.24, 2.45) is 4.99 Å². The van der Waals surface area contributed by atoms with E-state index in [0.29, 0.717) is 0 Å². The molecule has 0 aromatic rings. The fourth-order valence-corrected chi connectivity index (χ4v) is 1.72. The van der Waals surface area contributed by atoms with Gasteiger partial charge in [0, 0.05) is 19.1 Å². The lowest BCUT2D eigenvalue weighted by Gasteiger charge is -2.11. The van der Waals surface area contributed by atoms with Crippen LogP contribution in [0.3, 0.4) is 0 Å². The van der Waals surface area contributed by atoms with Gasteiger partial charge in [-0.15, -0.1) is 0 Å². The average molecular weight is 152 g/mol. The number of carbonyl (C=O) groups excluding carboxylic acids is 1. The number of rotatable bonds is 2. The molecule has 3 heteroatoms. The van der Waals surface area contributed by atoms with E-state index in [1.807, 2.05) is 0 Å². The van der Waals surface area contributed by atoms with E-state index in [2.05, 4.69) is 9.89 Å². The van der Waals surface area contributed by atoms with Crippen molar-refractivity contribution in [1.29, 1.82) is 0 Å². The van der Waals surface area contributed by atoms with Gasteiger partial charge in [-0.25, -0.2) is 9.79 Å². The van der Waals surface area contributed by atoms with Gasteiger partial charge in [-0.05, 0) is 19.3 Å². The van der Waals surface area contributed by atoms with Crippen LogP contribution in [0.25, 0.3) is 0 Å². The van der Waals surface area contributed by atoms with Gasteiger partial charge in [0.05, 0.1) is 6.04 Å². The number of likely N-dealkylation sites (tertiary alicyclic amines) is 1. The number of isocyanates is 1. The predicted octanol–water partition coefficient (Wildman–Crippen LogP) is 0.559. The summed E-state index contributed by atoms with van der Waals surface area (Å²) in [4.78, 5) is 16.1. The maximum absolute atomic E-state index is 9.94. The fourth-order valence-electron chi connectivity index (χ4n) is 1.72. The lowest BCUT2D eigenvalue weighted by atomic mass is 10.3. The minimum absolute atomic E-state index is 0.244. The fraction of sp³-hybridized carbons (Fsp3) is 0.875. The zero-order valence-corrected chi connectivity index (χ0v) is 6.49. The van der Waals surface area contributed by atoms with Crippen LogP contribution in [0, 0.1) is 0 Å². The Morgan fingerprint density at radius 3 is 2.82 bits per heavy atom. The Balaban J connectivity index is 1.87. The van der Waals surface area contributed by atoms with Gasteiger partial charge in [0.15, 0.2) is 0 Å². The summed E-state index contributed by atoms with van der Waals surface area (Å²) in [6.45, 7) is 2.11. The number of nitrogens with zero attached hydrogens (tertiary/aromatic N) is 2. The second kappa shape index (κ2) is 2.76. The molecule has 2 fully saturated rings. The van der Waals surface area contributed by atoms with Gasteiger partial charge in [0.1, 0.15) is 0 Å². The highest BCUT2D eigenvalue weighted by Gasteiger charge is 2.34. The van der Waals surface area contributed by atoms with Gasteiger partial charge in [0.25, 0.3) is 0 Å². The molecule has 3 nitrogen and oxygen atoms in total. The Morgan fingerprint density at radius 2 is 2.18 bits per heavy atom. The molecule has 0 aromatic carbocycles. The second-order valence-electron chi connectivity index (χ2n) is 3.39. The predicted molar refractivity (Wildman–Crippen MR) is 41.1 cm³/mol. The highest BCUT2D eigenvalue weighted by molar-refractivity contribution is 5.33. The van der Waals surface area contributed by atoms with Crippen LogP contribution in [-0.4, -0.2) is 36.2 Å². The first-order valence-corrected chi connectivity index (χ1v) is 4.21. The molecule has 0 radical (unpaired) electrons. The minimum atomic E-state index is 0.244. The molecule has 1 heterocycles. The van der Waals surface area contributed by atoms with E-state index in [4.69, 9.17) is 0 Å². The summed E-state index contributed by atoms with van der Waals surface area (Å²) in [7, 11) is 0. The topological polar surface area (TPSA) is 32.7 Å². The molecule has 1 saturated carbocycles. The molecule has 2 aliphatic rings. The molecule has 0 spiro atoms. The second-order valence-corrected chi connectivity index (χ2v) is 3.39. The number of hydrogen-bond acceptors (Lipinski definition) is 3. The quantitative estimate of drug-likeness (QED) is 0.428. The molecule has 0 N–H and O–H groups in total. The Bertz CT molecular complexity index is 194. The molecule has 60 valence electrons. The zero-order valence-electron chi connectivity index (χ0n) is 6.49. The standard InChI is InChI=1S/C8H12N2O/c11-6-9-7-3-4-10(5-7)8-1-2-8/h7-8H,1-5H2. The summed E-state index contributed by atoms with van der Waals surface area (Å²) in [6, 6.07) is 1.06. The molecule has 1 unspecified atom stereocenters. The minimum Gasteiger partial charge on any atom is -0.298 e. The van der Waals surface area contributed by atoms with Crippen LogP contribution in [0.15, 0.2) is 4.99 Å². The third kappa shape index (κ3) is 1.50. The van der Waals surface area contributed by atoms with Crippen LogP contribution < -0.4 is 0 Å². The molecule has 1 atom stereocenters. The van der Waals surface area contributed by atoms with Crippen molar-refractivity contribution in [3.8, 4) is 0 Å². The SMILES string of the molecule is O=C=NC1CCN(C2CC2)C1. The van der Waals surface area contributed by atoms with E-state index in [1.165, 1.54) is 12.8 Å². The summed E-state index contributed by atoms with van der Waals surface area (Å²) in [6.07, 6.45) is 5.37.